The van der Waals surface area contributed by atoms with Crippen LogP contribution < -0.4 is 5.32 Å². The second kappa shape index (κ2) is 5.88. The number of hydrogen-bond donors (Lipinski definition) is 1. The van der Waals surface area contributed by atoms with E-state index in [1.807, 2.05) is 19.4 Å². The number of halogens is 1. The van der Waals surface area contributed by atoms with Gasteiger partial charge in [-0.25, -0.2) is 4.68 Å². The summed E-state index contributed by atoms with van der Waals surface area (Å²) in [6.45, 7) is 0.671. The maximum atomic E-state index is 5.91. The molecule has 3 aromatic rings. The van der Waals surface area contributed by atoms with Crippen molar-refractivity contribution in [1.29, 1.82) is 0 Å². The molecule has 8 nitrogen and oxygen atoms in total. The highest BCUT2D eigenvalue weighted by molar-refractivity contribution is 6.28. The zero-order chi connectivity index (χ0) is 14.7. The molecule has 3 heterocycles. The minimum atomic E-state index is 0.124. The van der Waals surface area contributed by atoms with E-state index in [4.69, 9.17) is 11.6 Å². The number of anilines is 1. The molecule has 0 bridgehead atoms. The van der Waals surface area contributed by atoms with Crippen LogP contribution in [0.5, 0.6) is 0 Å². The Labute approximate surface area is 125 Å². The summed E-state index contributed by atoms with van der Waals surface area (Å²) in [6.07, 6.45) is 8.00. The van der Waals surface area contributed by atoms with Crippen LogP contribution in [0.15, 0.2) is 30.9 Å². The first-order valence-electron chi connectivity index (χ1n) is 6.34. The average Bonchev–Trinajstić information content (AvgIpc) is 3.10. The molecule has 0 aliphatic heterocycles. The fourth-order valence-electron chi connectivity index (χ4n) is 1.83. The summed E-state index contributed by atoms with van der Waals surface area (Å²) in [7, 11) is 1.89. The maximum Gasteiger partial charge on any atom is 0.256 e. The predicted molar refractivity (Wildman–Crippen MR) is 77.4 cm³/mol. The molecule has 0 aromatic carbocycles. The van der Waals surface area contributed by atoms with Crippen molar-refractivity contribution in [2.24, 2.45) is 7.05 Å². The van der Waals surface area contributed by atoms with Crippen molar-refractivity contribution < 1.29 is 0 Å². The Morgan fingerprint density at radius 3 is 2.86 bits per heavy atom. The van der Waals surface area contributed by atoms with Crippen molar-refractivity contribution in [3.63, 3.8) is 0 Å². The molecule has 21 heavy (non-hydrogen) atoms. The highest BCUT2D eigenvalue weighted by Crippen LogP contribution is 2.09. The van der Waals surface area contributed by atoms with Crippen LogP contribution in [0.3, 0.4) is 0 Å². The van der Waals surface area contributed by atoms with E-state index in [0.29, 0.717) is 18.4 Å². The van der Waals surface area contributed by atoms with Gasteiger partial charge in [-0.1, -0.05) is 0 Å². The minimum Gasteiger partial charge on any atom is -0.354 e. The first-order chi connectivity index (χ1) is 10.2. The molecule has 3 aromatic heterocycles. The summed E-state index contributed by atoms with van der Waals surface area (Å²) >= 11 is 5.91. The third-order valence-electron chi connectivity index (χ3n) is 2.76. The first kappa shape index (κ1) is 13.5. The Kier molecular flexibility index (Phi) is 3.78. The Morgan fingerprint density at radius 2 is 2.14 bits per heavy atom. The summed E-state index contributed by atoms with van der Waals surface area (Å²) in [5.74, 6) is 0.799. The molecule has 0 radical (unpaired) electrons. The lowest BCUT2D eigenvalue weighted by Crippen LogP contribution is -2.11. The lowest BCUT2D eigenvalue weighted by Gasteiger charge is -2.06. The third kappa shape index (κ3) is 3.34. The van der Waals surface area contributed by atoms with Gasteiger partial charge in [-0.05, 0) is 29.7 Å². The molecule has 1 N–H and O–H groups in total. The highest BCUT2D eigenvalue weighted by atomic mass is 35.5. The molecule has 0 aliphatic carbocycles. The quantitative estimate of drug-likeness (QED) is 0.759. The fraction of sp³-hybridized carbons (Fsp3) is 0.250. The van der Waals surface area contributed by atoms with Gasteiger partial charge in [0.05, 0.1) is 6.20 Å². The average molecular weight is 305 g/mol. The van der Waals surface area contributed by atoms with Crippen LogP contribution in [-0.2, 0) is 13.5 Å². The second-order valence-electron chi connectivity index (χ2n) is 4.38. The Morgan fingerprint density at radius 1 is 1.24 bits per heavy atom. The standard InChI is InChI=1S/C12H13ClN8/c1-20-8-9(7-16-20)3-5-14-11-17-10(13)18-12(19-11)21-6-2-4-15-21/h2,4,6-8H,3,5H2,1H3,(H,14,17,18,19). The van der Waals surface area contributed by atoms with Gasteiger partial charge >= 0.3 is 0 Å². The lowest BCUT2D eigenvalue weighted by atomic mass is 10.2. The minimum absolute atomic E-state index is 0.124. The molecule has 0 amide bonds. The van der Waals surface area contributed by atoms with E-state index >= 15 is 0 Å². The summed E-state index contributed by atoms with van der Waals surface area (Å²) < 4.78 is 3.30. The van der Waals surface area contributed by atoms with E-state index in [0.717, 1.165) is 12.0 Å². The van der Waals surface area contributed by atoms with E-state index in [-0.39, 0.29) is 5.28 Å². The SMILES string of the molecule is Cn1cc(CCNc2nc(Cl)nc(-n3cccn3)n2)cn1. The monoisotopic (exact) mass is 304 g/mol. The normalized spacial score (nSPS) is 10.8. The Hall–Kier alpha value is -2.48. The van der Waals surface area contributed by atoms with Gasteiger partial charge in [0.1, 0.15) is 0 Å². The van der Waals surface area contributed by atoms with Crippen LogP contribution in [-0.4, -0.2) is 41.1 Å². The smallest absolute Gasteiger partial charge is 0.256 e. The summed E-state index contributed by atoms with van der Waals surface area (Å²) in [5.41, 5.74) is 1.14. The summed E-state index contributed by atoms with van der Waals surface area (Å²) in [5, 5.41) is 11.4. The molecule has 0 aliphatic rings. The zero-order valence-corrected chi connectivity index (χ0v) is 12.1. The van der Waals surface area contributed by atoms with Crippen LogP contribution in [0, 0.1) is 0 Å². The van der Waals surface area contributed by atoms with Gasteiger partial charge in [0.25, 0.3) is 5.95 Å². The van der Waals surface area contributed by atoms with Crippen molar-refractivity contribution in [2.75, 3.05) is 11.9 Å². The highest BCUT2D eigenvalue weighted by Gasteiger charge is 2.07. The van der Waals surface area contributed by atoms with E-state index in [9.17, 15) is 0 Å². The molecule has 0 saturated carbocycles. The Bertz CT molecular complexity index is 721. The number of rotatable bonds is 5. The summed E-state index contributed by atoms with van der Waals surface area (Å²) in [4.78, 5) is 12.4. The number of aromatic nitrogens is 7. The van der Waals surface area contributed by atoms with Crippen molar-refractivity contribution in [2.45, 2.75) is 6.42 Å². The molecule has 108 valence electrons. The van der Waals surface area contributed by atoms with Crippen LogP contribution in [0.2, 0.25) is 5.28 Å². The number of hydrogen-bond acceptors (Lipinski definition) is 6. The molecular formula is C12H13ClN8. The van der Waals surface area contributed by atoms with Gasteiger partial charge in [-0.3, -0.25) is 4.68 Å². The van der Waals surface area contributed by atoms with Gasteiger partial charge in [-0.2, -0.15) is 25.1 Å². The van der Waals surface area contributed by atoms with Crippen LogP contribution >= 0.6 is 11.6 Å². The number of nitrogens with zero attached hydrogens (tertiary/aromatic N) is 7. The molecule has 0 spiro atoms. The van der Waals surface area contributed by atoms with Crippen LogP contribution in [0.25, 0.3) is 5.95 Å². The van der Waals surface area contributed by atoms with Gasteiger partial charge in [0.15, 0.2) is 0 Å². The lowest BCUT2D eigenvalue weighted by molar-refractivity contribution is 0.766. The van der Waals surface area contributed by atoms with Crippen molar-refractivity contribution in [3.8, 4) is 5.95 Å². The molecule has 3 rings (SSSR count). The largest absolute Gasteiger partial charge is 0.354 e. The fourth-order valence-corrected chi connectivity index (χ4v) is 1.98. The second-order valence-corrected chi connectivity index (χ2v) is 4.72. The van der Waals surface area contributed by atoms with Crippen molar-refractivity contribution in [1.82, 2.24) is 34.5 Å². The van der Waals surface area contributed by atoms with Gasteiger partial charge in [0.2, 0.25) is 11.2 Å². The van der Waals surface area contributed by atoms with E-state index in [1.54, 1.807) is 23.1 Å². The van der Waals surface area contributed by atoms with Crippen molar-refractivity contribution >= 4 is 17.5 Å². The first-order valence-corrected chi connectivity index (χ1v) is 6.71. The van der Waals surface area contributed by atoms with Gasteiger partial charge in [-0.15, -0.1) is 0 Å². The zero-order valence-electron chi connectivity index (χ0n) is 11.3. The maximum absolute atomic E-state index is 5.91. The molecule has 0 fully saturated rings. The van der Waals surface area contributed by atoms with Crippen LogP contribution in [0.4, 0.5) is 5.95 Å². The molecule has 9 heteroatoms. The predicted octanol–water partition coefficient (Wildman–Crippen LogP) is 1.10. The van der Waals surface area contributed by atoms with E-state index in [1.165, 1.54) is 4.68 Å². The van der Waals surface area contributed by atoms with E-state index in [2.05, 4.69) is 30.5 Å². The van der Waals surface area contributed by atoms with Gasteiger partial charge < -0.3 is 5.32 Å². The third-order valence-corrected chi connectivity index (χ3v) is 2.93. The summed E-state index contributed by atoms with van der Waals surface area (Å²) in [6, 6.07) is 1.78. The Balaban J connectivity index is 1.68. The molecule has 0 saturated heterocycles. The van der Waals surface area contributed by atoms with E-state index < -0.39 is 0 Å². The molecule has 0 unspecified atom stereocenters. The molecular weight excluding hydrogens is 292 g/mol. The van der Waals surface area contributed by atoms with Crippen LogP contribution in [0.1, 0.15) is 5.56 Å². The van der Waals surface area contributed by atoms with Crippen molar-refractivity contribution in [3.05, 3.63) is 41.7 Å². The molecule has 0 atom stereocenters. The number of nitrogens with one attached hydrogen (secondary N) is 1. The topological polar surface area (TPSA) is 86.3 Å². The van der Waals surface area contributed by atoms with Gasteiger partial charge in [0, 0.05) is 32.2 Å². The number of aryl methyl sites for hydroxylation is 1.